The van der Waals surface area contributed by atoms with Gasteiger partial charge in [0.25, 0.3) is 5.91 Å². The minimum Gasteiger partial charge on any atom is -0.495 e. The van der Waals surface area contributed by atoms with E-state index >= 15 is 0 Å². The van der Waals surface area contributed by atoms with E-state index in [-0.39, 0.29) is 10.9 Å². The highest BCUT2D eigenvalue weighted by Gasteiger charge is 2.15. The smallest absolute Gasteiger partial charge is 0.257 e. The van der Waals surface area contributed by atoms with E-state index < -0.39 is 0 Å². The molecule has 0 aliphatic heterocycles. The van der Waals surface area contributed by atoms with Crippen molar-refractivity contribution in [3.63, 3.8) is 0 Å². The van der Waals surface area contributed by atoms with Gasteiger partial charge in [-0.3, -0.25) is 4.79 Å². The van der Waals surface area contributed by atoms with Crippen LogP contribution < -0.4 is 10.1 Å². The molecule has 0 aliphatic carbocycles. The van der Waals surface area contributed by atoms with Gasteiger partial charge < -0.3 is 14.5 Å². The van der Waals surface area contributed by atoms with Crippen LogP contribution in [0.25, 0.3) is 16.9 Å². The number of anilines is 1. The van der Waals surface area contributed by atoms with Crippen LogP contribution in [0.2, 0.25) is 10.0 Å². The summed E-state index contributed by atoms with van der Waals surface area (Å²) >= 11 is 12.1. The fourth-order valence-electron chi connectivity index (χ4n) is 2.90. The first-order valence-electron chi connectivity index (χ1n) is 8.44. The van der Waals surface area contributed by atoms with Gasteiger partial charge in [0, 0.05) is 23.0 Å². The van der Waals surface area contributed by atoms with Gasteiger partial charge in [-0.05, 0) is 48.5 Å². The highest BCUT2D eigenvalue weighted by molar-refractivity contribution is 6.37. The van der Waals surface area contributed by atoms with E-state index in [0.29, 0.717) is 22.0 Å². The van der Waals surface area contributed by atoms with E-state index in [2.05, 4.69) is 10.3 Å². The summed E-state index contributed by atoms with van der Waals surface area (Å²) in [6, 6.07) is 16.0. The second-order valence-corrected chi connectivity index (χ2v) is 6.93. The number of imidazole rings is 1. The molecule has 4 aromatic rings. The van der Waals surface area contributed by atoms with Crippen LogP contribution in [0.15, 0.2) is 67.0 Å². The van der Waals surface area contributed by atoms with E-state index in [1.165, 1.54) is 6.07 Å². The number of benzene rings is 2. The molecule has 2 heterocycles. The summed E-state index contributed by atoms with van der Waals surface area (Å²) in [7, 11) is 1.55. The lowest BCUT2D eigenvalue weighted by Gasteiger charge is -2.12. The Morgan fingerprint density at radius 3 is 2.71 bits per heavy atom. The molecule has 0 fully saturated rings. The number of carbonyl (C=O) groups is 1. The van der Waals surface area contributed by atoms with Crippen molar-refractivity contribution in [3.05, 3.63) is 82.6 Å². The van der Waals surface area contributed by atoms with Crippen molar-refractivity contribution in [1.82, 2.24) is 9.38 Å². The number of carbonyl (C=O) groups excluding carboxylic acids is 1. The second kappa shape index (κ2) is 7.54. The number of aromatic nitrogens is 2. The van der Waals surface area contributed by atoms with Crippen LogP contribution in [0.3, 0.4) is 0 Å². The van der Waals surface area contributed by atoms with Gasteiger partial charge in [-0.2, -0.15) is 0 Å². The molecule has 1 N–H and O–H groups in total. The normalized spacial score (nSPS) is 10.8. The van der Waals surface area contributed by atoms with Crippen LogP contribution in [0, 0.1) is 0 Å². The van der Waals surface area contributed by atoms with E-state index in [1.54, 1.807) is 25.3 Å². The third-order valence-electron chi connectivity index (χ3n) is 4.28. The molecule has 140 valence electrons. The first-order valence-corrected chi connectivity index (χ1v) is 9.19. The molecule has 2 aromatic heterocycles. The van der Waals surface area contributed by atoms with Crippen LogP contribution in [-0.2, 0) is 0 Å². The van der Waals surface area contributed by atoms with Gasteiger partial charge in [-0.15, -0.1) is 0 Å². The topological polar surface area (TPSA) is 55.6 Å². The average molecular weight is 412 g/mol. The van der Waals surface area contributed by atoms with Crippen molar-refractivity contribution in [2.45, 2.75) is 0 Å². The van der Waals surface area contributed by atoms with Gasteiger partial charge in [0.05, 0.1) is 29.1 Å². The Hall–Kier alpha value is -3.02. The molecule has 0 spiro atoms. The first-order chi connectivity index (χ1) is 13.5. The van der Waals surface area contributed by atoms with E-state index in [0.717, 1.165) is 16.9 Å². The number of fused-ring (bicyclic) bond motifs is 1. The van der Waals surface area contributed by atoms with Crippen molar-refractivity contribution in [3.8, 4) is 17.0 Å². The van der Waals surface area contributed by atoms with Gasteiger partial charge in [0.2, 0.25) is 0 Å². The molecule has 0 saturated heterocycles. The van der Waals surface area contributed by atoms with Crippen molar-refractivity contribution >= 4 is 40.4 Å². The van der Waals surface area contributed by atoms with Gasteiger partial charge in [-0.25, -0.2) is 4.98 Å². The number of ether oxygens (including phenoxy) is 1. The molecule has 0 bridgehead atoms. The molecule has 28 heavy (non-hydrogen) atoms. The predicted molar refractivity (Wildman–Crippen MR) is 112 cm³/mol. The Morgan fingerprint density at radius 2 is 1.96 bits per heavy atom. The molecule has 0 radical (unpaired) electrons. The Kier molecular flexibility index (Phi) is 4.94. The molecule has 2 aromatic carbocycles. The molecule has 0 aliphatic rings. The zero-order valence-corrected chi connectivity index (χ0v) is 16.3. The fourth-order valence-corrected chi connectivity index (χ4v) is 3.40. The standard InChI is InChI=1S/C21H15Cl2N3O2/c1-28-19-8-5-13(18-12-26-9-3-2-4-20(26)24-18)10-17(19)25-21(27)15-7-6-14(22)11-16(15)23/h2-12H,1H3,(H,25,27). The summed E-state index contributed by atoms with van der Waals surface area (Å²) in [4.78, 5) is 17.3. The van der Waals surface area contributed by atoms with Gasteiger partial charge in [-0.1, -0.05) is 29.3 Å². The lowest BCUT2D eigenvalue weighted by molar-refractivity contribution is 0.102. The van der Waals surface area contributed by atoms with Crippen molar-refractivity contribution in [2.75, 3.05) is 12.4 Å². The quantitative estimate of drug-likeness (QED) is 0.477. The first kappa shape index (κ1) is 18.3. The zero-order valence-electron chi connectivity index (χ0n) is 14.8. The molecular weight excluding hydrogens is 397 g/mol. The molecule has 4 rings (SSSR count). The number of halogens is 2. The van der Waals surface area contributed by atoms with Crippen LogP contribution in [0.5, 0.6) is 5.75 Å². The van der Waals surface area contributed by atoms with Crippen LogP contribution in [-0.4, -0.2) is 22.4 Å². The minimum absolute atomic E-state index is 0.278. The van der Waals surface area contributed by atoms with Crippen molar-refractivity contribution < 1.29 is 9.53 Å². The van der Waals surface area contributed by atoms with Gasteiger partial charge >= 0.3 is 0 Å². The summed E-state index contributed by atoms with van der Waals surface area (Å²) < 4.78 is 7.32. The SMILES string of the molecule is COc1ccc(-c2cn3ccccc3n2)cc1NC(=O)c1ccc(Cl)cc1Cl. The Balaban J connectivity index is 1.69. The number of hydrogen-bond donors (Lipinski definition) is 1. The van der Waals surface area contributed by atoms with Crippen LogP contribution >= 0.6 is 23.2 Å². The summed E-state index contributed by atoms with van der Waals surface area (Å²) in [5, 5.41) is 3.60. The lowest BCUT2D eigenvalue weighted by atomic mass is 10.1. The van der Waals surface area contributed by atoms with Crippen molar-refractivity contribution in [1.29, 1.82) is 0 Å². The van der Waals surface area contributed by atoms with Crippen LogP contribution in [0.4, 0.5) is 5.69 Å². The molecule has 7 heteroatoms. The summed E-state index contributed by atoms with van der Waals surface area (Å²) in [6.07, 6.45) is 3.86. The third kappa shape index (κ3) is 3.54. The Bertz CT molecular complexity index is 1150. The fraction of sp³-hybridized carbons (Fsp3) is 0.0476. The maximum absolute atomic E-state index is 12.7. The maximum atomic E-state index is 12.7. The Labute approximate surface area is 171 Å². The molecule has 0 saturated carbocycles. The molecule has 0 atom stereocenters. The number of hydrogen-bond acceptors (Lipinski definition) is 3. The molecule has 0 unspecified atom stereocenters. The second-order valence-electron chi connectivity index (χ2n) is 6.09. The van der Waals surface area contributed by atoms with Crippen LogP contribution in [0.1, 0.15) is 10.4 Å². The summed E-state index contributed by atoms with van der Waals surface area (Å²) in [6.45, 7) is 0. The van der Waals surface area contributed by atoms with Gasteiger partial charge in [0.1, 0.15) is 11.4 Å². The number of nitrogens with zero attached hydrogens (tertiary/aromatic N) is 2. The minimum atomic E-state index is -0.355. The van der Waals surface area contributed by atoms with E-state index in [4.69, 9.17) is 27.9 Å². The zero-order chi connectivity index (χ0) is 19.7. The highest BCUT2D eigenvalue weighted by Crippen LogP contribution is 2.31. The molecule has 1 amide bonds. The average Bonchev–Trinajstić information content (AvgIpc) is 3.12. The largest absolute Gasteiger partial charge is 0.495 e. The summed E-state index contributed by atoms with van der Waals surface area (Å²) in [5.41, 5.74) is 3.32. The summed E-state index contributed by atoms with van der Waals surface area (Å²) in [5.74, 6) is 0.179. The Morgan fingerprint density at radius 1 is 1.11 bits per heavy atom. The van der Waals surface area contributed by atoms with Gasteiger partial charge in [0.15, 0.2) is 0 Å². The van der Waals surface area contributed by atoms with E-state index in [1.807, 2.05) is 47.1 Å². The number of pyridine rings is 1. The number of nitrogens with one attached hydrogen (secondary N) is 1. The monoisotopic (exact) mass is 411 g/mol. The van der Waals surface area contributed by atoms with Crippen molar-refractivity contribution in [2.24, 2.45) is 0 Å². The number of amides is 1. The lowest BCUT2D eigenvalue weighted by Crippen LogP contribution is -2.13. The third-order valence-corrected chi connectivity index (χ3v) is 4.83. The maximum Gasteiger partial charge on any atom is 0.257 e. The molecule has 5 nitrogen and oxygen atoms in total. The number of rotatable bonds is 4. The predicted octanol–water partition coefficient (Wildman–Crippen LogP) is 5.57. The van der Waals surface area contributed by atoms with E-state index in [9.17, 15) is 4.79 Å². The highest BCUT2D eigenvalue weighted by atomic mass is 35.5. The number of methoxy groups -OCH3 is 1. The molecular formula is C21H15Cl2N3O2.